The molecule has 1 aliphatic rings. The maximum Gasteiger partial charge on any atom is 0.255 e. The standard InChI is InChI=1S/C13H20N4O/c1-2-5-16-13(18)11-4-3-6-15-12(11)17-9-7-14-8-10-17/h3-4,6,14H,2,5,7-10H2,1H3,(H,16,18). The number of amides is 1. The van der Waals surface area contributed by atoms with E-state index in [-0.39, 0.29) is 5.91 Å². The van der Waals surface area contributed by atoms with Crippen LogP contribution in [0, 0.1) is 0 Å². The summed E-state index contributed by atoms with van der Waals surface area (Å²) in [5.74, 6) is 0.770. The number of piperazine rings is 1. The fraction of sp³-hybridized carbons (Fsp3) is 0.538. The lowest BCUT2D eigenvalue weighted by molar-refractivity contribution is 0.0954. The highest BCUT2D eigenvalue weighted by Crippen LogP contribution is 2.17. The monoisotopic (exact) mass is 248 g/mol. The molecule has 0 unspecified atom stereocenters. The van der Waals surface area contributed by atoms with E-state index in [1.54, 1.807) is 6.20 Å². The summed E-state index contributed by atoms with van der Waals surface area (Å²) in [6.45, 7) is 6.41. The molecule has 2 heterocycles. The molecule has 0 atom stereocenters. The lowest BCUT2D eigenvalue weighted by Gasteiger charge is -2.29. The van der Waals surface area contributed by atoms with E-state index in [1.165, 1.54) is 0 Å². The van der Waals surface area contributed by atoms with E-state index in [0.717, 1.165) is 38.4 Å². The maximum absolute atomic E-state index is 12.1. The highest BCUT2D eigenvalue weighted by atomic mass is 16.1. The number of rotatable bonds is 4. The molecule has 0 bridgehead atoms. The van der Waals surface area contributed by atoms with Crippen LogP contribution in [0.2, 0.25) is 0 Å². The third-order valence-electron chi connectivity index (χ3n) is 2.98. The zero-order valence-electron chi connectivity index (χ0n) is 10.8. The molecule has 0 aromatic carbocycles. The minimum absolute atomic E-state index is 0.0292. The molecule has 98 valence electrons. The molecule has 1 aliphatic heterocycles. The number of carbonyl (C=O) groups excluding carboxylic acids is 1. The van der Waals surface area contributed by atoms with Crippen LogP contribution in [-0.4, -0.2) is 43.6 Å². The van der Waals surface area contributed by atoms with Gasteiger partial charge in [0.05, 0.1) is 5.56 Å². The van der Waals surface area contributed by atoms with Crippen molar-refractivity contribution < 1.29 is 4.79 Å². The Morgan fingerprint density at radius 1 is 1.50 bits per heavy atom. The van der Waals surface area contributed by atoms with Crippen molar-refractivity contribution in [1.82, 2.24) is 15.6 Å². The van der Waals surface area contributed by atoms with Crippen LogP contribution < -0.4 is 15.5 Å². The minimum Gasteiger partial charge on any atom is -0.353 e. The fourth-order valence-electron chi connectivity index (χ4n) is 2.04. The number of pyridine rings is 1. The Balaban J connectivity index is 2.16. The van der Waals surface area contributed by atoms with Gasteiger partial charge in [0.1, 0.15) is 5.82 Å². The van der Waals surface area contributed by atoms with Crippen LogP contribution in [0.25, 0.3) is 0 Å². The summed E-state index contributed by atoms with van der Waals surface area (Å²) in [5, 5.41) is 6.20. The Bertz CT molecular complexity index is 402. The molecule has 0 aliphatic carbocycles. The Hall–Kier alpha value is -1.62. The first-order valence-corrected chi connectivity index (χ1v) is 6.52. The molecule has 1 aromatic rings. The zero-order valence-corrected chi connectivity index (χ0v) is 10.8. The van der Waals surface area contributed by atoms with Crippen LogP contribution in [0.4, 0.5) is 5.82 Å². The molecule has 0 spiro atoms. The third kappa shape index (κ3) is 2.98. The minimum atomic E-state index is -0.0292. The zero-order chi connectivity index (χ0) is 12.8. The number of nitrogens with one attached hydrogen (secondary N) is 2. The number of nitrogens with zero attached hydrogens (tertiary/aromatic N) is 2. The van der Waals surface area contributed by atoms with Gasteiger partial charge in [-0.15, -0.1) is 0 Å². The van der Waals surface area contributed by atoms with Crippen molar-refractivity contribution in [2.45, 2.75) is 13.3 Å². The highest BCUT2D eigenvalue weighted by Gasteiger charge is 2.18. The smallest absolute Gasteiger partial charge is 0.255 e. The van der Waals surface area contributed by atoms with Crippen LogP contribution in [0.1, 0.15) is 23.7 Å². The van der Waals surface area contributed by atoms with Crippen LogP contribution in [0.3, 0.4) is 0 Å². The first-order valence-electron chi connectivity index (χ1n) is 6.52. The molecule has 0 radical (unpaired) electrons. The topological polar surface area (TPSA) is 57.3 Å². The predicted octanol–water partition coefficient (Wildman–Crippen LogP) is 0.631. The number of hydrogen-bond donors (Lipinski definition) is 2. The van der Waals surface area contributed by atoms with Gasteiger partial charge in [0.15, 0.2) is 0 Å². The van der Waals surface area contributed by atoms with Crippen molar-refractivity contribution in [3.63, 3.8) is 0 Å². The van der Waals surface area contributed by atoms with Gasteiger partial charge in [-0.2, -0.15) is 0 Å². The van der Waals surface area contributed by atoms with E-state index < -0.39 is 0 Å². The Labute approximate surface area is 108 Å². The molecule has 1 aromatic heterocycles. The normalized spacial score (nSPS) is 15.5. The summed E-state index contributed by atoms with van der Waals surface area (Å²) >= 11 is 0. The van der Waals surface area contributed by atoms with Crippen molar-refractivity contribution in [3.05, 3.63) is 23.9 Å². The summed E-state index contributed by atoms with van der Waals surface area (Å²) in [5.41, 5.74) is 0.674. The van der Waals surface area contributed by atoms with Crippen LogP contribution >= 0.6 is 0 Å². The summed E-state index contributed by atoms with van der Waals surface area (Å²) < 4.78 is 0. The molecule has 18 heavy (non-hydrogen) atoms. The van der Waals surface area contributed by atoms with E-state index in [4.69, 9.17) is 0 Å². The van der Waals surface area contributed by atoms with Gasteiger partial charge in [-0.05, 0) is 18.6 Å². The summed E-state index contributed by atoms with van der Waals surface area (Å²) in [6.07, 6.45) is 2.68. The number of aromatic nitrogens is 1. The van der Waals surface area contributed by atoms with Gasteiger partial charge in [0.25, 0.3) is 5.91 Å². The van der Waals surface area contributed by atoms with E-state index in [9.17, 15) is 4.79 Å². The van der Waals surface area contributed by atoms with Gasteiger partial charge in [0.2, 0.25) is 0 Å². The largest absolute Gasteiger partial charge is 0.353 e. The van der Waals surface area contributed by atoms with Gasteiger partial charge in [-0.3, -0.25) is 4.79 Å². The van der Waals surface area contributed by atoms with Crippen molar-refractivity contribution in [2.24, 2.45) is 0 Å². The molecule has 5 heteroatoms. The molecule has 1 saturated heterocycles. The van der Waals surface area contributed by atoms with Gasteiger partial charge < -0.3 is 15.5 Å². The van der Waals surface area contributed by atoms with E-state index in [0.29, 0.717) is 12.1 Å². The first-order chi connectivity index (χ1) is 8.83. The average molecular weight is 248 g/mol. The Morgan fingerprint density at radius 3 is 3.00 bits per heavy atom. The van der Waals surface area contributed by atoms with Gasteiger partial charge in [-0.25, -0.2) is 4.98 Å². The lowest BCUT2D eigenvalue weighted by Crippen LogP contribution is -2.44. The van der Waals surface area contributed by atoms with Gasteiger partial charge >= 0.3 is 0 Å². The Kier molecular flexibility index (Phi) is 4.52. The number of hydrogen-bond acceptors (Lipinski definition) is 4. The average Bonchev–Trinajstić information content (AvgIpc) is 2.45. The van der Waals surface area contributed by atoms with Crippen LogP contribution in [0.5, 0.6) is 0 Å². The molecule has 2 N–H and O–H groups in total. The van der Waals surface area contributed by atoms with Crippen molar-refractivity contribution in [2.75, 3.05) is 37.6 Å². The molecular formula is C13H20N4O. The van der Waals surface area contributed by atoms with E-state index in [1.807, 2.05) is 19.1 Å². The van der Waals surface area contributed by atoms with E-state index in [2.05, 4.69) is 20.5 Å². The second-order valence-corrected chi connectivity index (χ2v) is 4.37. The Morgan fingerprint density at radius 2 is 2.28 bits per heavy atom. The predicted molar refractivity (Wildman–Crippen MR) is 71.9 cm³/mol. The second-order valence-electron chi connectivity index (χ2n) is 4.37. The van der Waals surface area contributed by atoms with Crippen molar-refractivity contribution in [1.29, 1.82) is 0 Å². The molecule has 1 amide bonds. The number of anilines is 1. The third-order valence-corrected chi connectivity index (χ3v) is 2.98. The molecule has 0 saturated carbocycles. The second kappa shape index (κ2) is 6.35. The lowest BCUT2D eigenvalue weighted by atomic mass is 10.2. The molecule has 1 fully saturated rings. The molecule has 5 nitrogen and oxygen atoms in total. The van der Waals surface area contributed by atoms with Gasteiger partial charge in [-0.1, -0.05) is 6.92 Å². The van der Waals surface area contributed by atoms with Crippen molar-refractivity contribution >= 4 is 11.7 Å². The molecular weight excluding hydrogens is 228 g/mol. The maximum atomic E-state index is 12.1. The summed E-state index contributed by atoms with van der Waals surface area (Å²) in [6, 6.07) is 3.65. The summed E-state index contributed by atoms with van der Waals surface area (Å²) in [7, 11) is 0. The van der Waals surface area contributed by atoms with Gasteiger partial charge in [0, 0.05) is 38.9 Å². The first kappa shape index (κ1) is 12.8. The van der Waals surface area contributed by atoms with Crippen LogP contribution in [-0.2, 0) is 0 Å². The number of carbonyl (C=O) groups is 1. The fourth-order valence-corrected chi connectivity index (χ4v) is 2.04. The van der Waals surface area contributed by atoms with E-state index >= 15 is 0 Å². The summed E-state index contributed by atoms with van der Waals surface area (Å²) in [4.78, 5) is 18.6. The van der Waals surface area contributed by atoms with Crippen LogP contribution in [0.15, 0.2) is 18.3 Å². The van der Waals surface area contributed by atoms with Crippen molar-refractivity contribution in [3.8, 4) is 0 Å². The molecule has 2 rings (SSSR count). The quantitative estimate of drug-likeness (QED) is 0.820. The SMILES string of the molecule is CCCNC(=O)c1cccnc1N1CCNCC1. The highest BCUT2D eigenvalue weighted by molar-refractivity contribution is 5.98.